The molecular weight excluding hydrogens is 364 g/mol. The summed E-state index contributed by atoms with van der Waals surface area (Å²) in [4.78, 5) is 13.9. The molecule has 28 heavy (non-hydrogen) atoms. The zero-order valence-electron chi connectivity index (χ0n) is 15.6. The molecule has 0 atom stereocenters. The van der Waals surface area contributed by atoms with Crippen molar-refractivity contribution < 1.29 is 0 Å². The van der Waals surface area contributed by atoms with E-state index in [0.29, 0.717) is 5.92 Å². The van der Waals surface area contributed by atoms with Gasteiger partial charge in [-0.25, -0.2) is 9.97 Å². The molecule has 1 aromatic carbocycles. The minimum atomic E-state index is 0.680. The number of hydrogen-bond acceptors (Lipinski definition) is 5. The number of benzene rings is 1. The van der Waals surface area contributed by atoms with Gasteiger partial charge in [0.25, 0.3) is 0 Å². The third-order valence-corrected chi connectivity index (χ3v) is 6.17. The van der Waals surface area contributed by atoms with Crippen LogP contribution < -0.4 is 5.32 Å². The van der Waals surface area contributed by atoms with Crippen molar-refractivity contribution in [3.63, 3.8) is 0 Å². The Balaban J connectivity index is 1.41. The van der Waals surface area contributed by atoms with Crippen LogP contribution in [-0.2, 0) is 6.42 Å². The van der Waals surface area contributed by atoms with E-state index in [-0.39, 0.29) is 0 Å². The molecule has 0 saturated heterocycles. The normalized spacial score (nSPS) is 13.7. The zero-order valence-corrected chi connectivity index (χ0v) is 16.5. The van der Waals surface area contributed by atoms with Gasteiger partial charge < -0.3 is 5.32 Å². The summed E-state index contributed by atoms with van der Waals surface area (Å²) in [5.41, 5.74) is 4.91. The lowest BCUT2D eigenvalue weighted by Gasteiger charge is -2.10. The van der Waals surface area contributed by atoms with Gasteiger partial charge >= 0.3 is 0 Å². The molecule has 5 heteroatoms. The van der Waals surface area contributed by atoms with E-state index >= 15 is 0 Å². The maximum Gasteiger partial charge on any atom is 0.162 e. The molecule has 0 unspecified atom stereocenters. The summed E-state index contributed by atoms with van der Waals surface area (Å²) >= 11 is 1.77. The van der Waals surface area contributed by atoms with E-state index in [0.717, 1.165) is 42.1 Å². The summed E-state index contributed by atoms with van der Waals surface area (Å²) in [6.07, 6.45) is 8.29. The van der Waals surface area contributed by atoms with E-state index in [1.54, 1.807) is 23.7 Å². The molecule has 5 rings (SSSR count). The van der Waals surface area contributed by atoms with E-state index in [2.05, 4.69) is 46.0 Å². The first-order valence-electron chi connectivity index (χ1n) is 9.86. The van der Waals surface area contributed by atoms with Gasteiger partial charge in [0.05, 0.1) is 10.2 Å². The second-order valence-electron chi connectivity index (χ2n) is 7.29. The van der Waals surface area contributed by atoms with Gasteiger partial charge in [0.15, 0.2) is 5.82 Å². The highest BCUT2D eigenvalue weighted by molar-refractivity contribution is 7.18. The molecular formula is C23H22N4S. The van der Waals surface area contributed by atoms with Crippen LogP contribution in [0.15, 0.2) is 60.2 Å². The third kappa shape index (κ3) is 3.62. The Labute approximate surface area is 168 Å². The number of anilines is 1. The SMILES string of the molecule is c1ccc(CCCNc2nc(-c3ccncc3)nc3c(C4CC4)csc23)cc1. The van der Waals surface area contributed by atoms with E-state index in [9.17, 15) is 0 Å². The van der Waals surface area contributed by atoms with Gasteiger partial charge in [0.1, 0.15) is 5.82 Å². The maximum atomic E-state index is 4.93. The summed E-state index contributed by atoms with van der Waals surface area (Å²) in [6.45, 7) is 0.896. The fraction of sp³-hybridized carbons (Fsp3) is 0.261. The minimum Gasteiger partial charge on any atom is -0.369 e. The summed E-state index contributed by atoms with van der Waals surface area (Å²) < 4.78 is 1.18. The second kappa shape index (κ2) is 7.68. The van der Waals surface area contributed by atoms with Crippen LogP contribution in [0.3, 0.4) is 0 Å². The quantitative estimate of drug-likeness (QED) is 0.415. The van der Waals surface area contributed by atoms with Crippen molar-refractivity contribution in [2.45, 2.75) is 31.6 Å². The van der Waals surface area contributed by atoms with E-state index in [1.165, 1.54) is 28.7 Å². The first-order chi connectivity index (χ1) is 13.9. The predicted molar refractivity (Wildman–Crippen MR) is 116 cm³/mol. The molecule has 0 bridgehead atoms. The molecule has 1 N–H and O–H groups in total. The molecule has 0 spiro atoms. The number of thiophene rings is 1. The molecule has 4 nitrogen and oxygen atoms in total. The molecule has 1 aliphatic rings. The number of nitrogens with zero attached hydrogens (tertiary/aromatic N) is 3. The molecule has 1 fully saturated rings. The van der Waals surface area contributed by atoms with Crippen LogP contribution >= 0.6 is 11.3 Å². The van der Waals surface area contributed by atoms with Crippen LogP contribution in [0.1, 0.15) is 36.3 Å². The number of fused-ring (bicyclic) bond motifs is 1. The minimum absolute atomic E-state index is 0.680. The fourth-order valence-corrected chi connectivity index (χ4v) is 4.57. The van der Waals surface area contributed by atoms with Crippen LogP contribution in [0.4, 0.5) is 5.82 Å². The average Bonchev–Trinajstić information content (AvgIpc) is 3.51. The second-order valence-corrected chi connectivity index (χ2v) is 8.17. The first-order valence-corrected chi connectivity index (χ1v) is 10.7. The molecule has 3 heterocycles. The van der Waals surface area contributed by atoms with E-state index in [4.69, 9.17) is 9.97 Å². The molecule has 3 aromatic heterocycles. The van der Waals surface area contributed by atoms with Crippen molar-refractivity contribution in [2.75, 3.05) is 11.9 Å². The van der Waals surface area contributed by atoms with Crippen LogP contribution in [0.25, 0.3) is 21.6 Å². The molecule has 0 radical (unpaired) electrons. The van der Waals surface area contributed by atoms with Gasteiger partial charge in [-0.1, -0.05) is 30.3 Å². The largest absolute Gasteiger partial charge is 0.369 e. The Morgan fingerprint density at radius 3 is 2.61 bits per heavy atom. The topological polar surface area (TPSA) is 50.7 Å². The Bertz CT molecular complexity index is 1070. The highest BCUT2D eigenvalue weighted by Gasteiger charge is 2.28. The van der Waals surface area contributed by atoms with Crippen molar-refractivity contribution in [2.24, 2.45) is 0 Å². The highest BCUT2D eigenvalue weighted by Crippen LogP contribution is 2.46. The van der Waals surface area contributed by atoms with Gasteiger partial charge in [-0.15, -0.1) is 11.3 Å². The summed E-state index contributed by atoms with van der Waals surface area (Å²) in [6, 6.07) is 14.6. The van der Waals surface area contributed by atoms with Gasteiger partial charge in [-0.2, -0.15) is 0 Å². The van der Waals surface area contributed by atoms with Crippen molar-refractivity contribution in [1.29, 1.82) is 0 Å². The number of hydrogen-bond donors (Lipinski definition) is 1. The number of aromatic nitrogens is 3. The summed E-state index contributed by atoms with van der Waals surface area (Å²) in [5.74, 6) is 2.42. The number of nitrogens with one attached hydrogen (secondary N) is 1. The van der Waals surface area contributed by atoms with Crippen molar-refractivity contribution in [3.8, 4) is 11.4 Å². The van der Waals surface area contributed by atoms with Crippen molar-refractivity contribution >= 4 is 27.4 Å². The Hall–Kier alpha value is -2.79. The average molecular weight is 387 g/mol. The van der Waals surface area contributed by atoms with E-state index in [1.807, 2.05) is 12.1 Å². The Kier molecular flexibility index (Phi) is 4.75. The number of aryl methyl sites for hydroxylation is 1. The van der Waals surface area contributed by atoms with Gasteiger partial charge in [-0.05, 0) is 60.2 Å². The molecule has 1 saturated carbocycles. The van der Waals surface area contributed by atoms with Crippen LogP contribution in [0, 0.1) is 0 Å². The smallest absolute Gasteiger partial charge is 0.162 e. The molecule has 0 aliphatic heterocycles. The lowest BCUT2D eigenvalue weighted by Crippen LogP contribution is -2.06. The fourth-order valence-electron chi connectivity index (χ4n) is 3.51. The van der Waals surface area contributed by atoms with E-state index < -0.39 is 0 Å². The maximum absolute atomic E-state index is 4.93. The van der Waals surface area contributed by atoms with Crippen molar-refractivity contribution in [3.05, 3.63) is 71.4 Å². The third-order valence-electron chi connectivity index (χ3n) is 5.18. The Morgan fingerprint density at radius 1 is 1.00 bits per heavy atom. The van der Waals surface area contributed by atoms with Gasteiger partial charge in [0.2, 0.25) is 0 Å². The molecule has 0 amide bonds. The zero-order chi connectivity index (χ0) is 18.8. The molecule has 140 valence electrons. The number of rotatable bonds is 7. The highest BCUT2D eigenvalue weighted by atomic mass is 32.1. The van der Waals surface area contributed by atoms with Gasteiger partial charge in [0, 0.05) is 24.5 Å². The predicted octanol–water partition coefficient (Wildman–Crippen LogP) is 5.68. The van der Waals surface area contributed by atoms with Gasteiger partial charge in [-0.3, -0.25) is 4.98 Å². The summed E-state index contributed by atoms with van der Waals surface area (Å²) in [5, 5.41) is 5.86. The summed E-state index contributed by atoms with van der Waals surface area (Å²) in [7, 11) is 0. The Morgan fingerprint density at radius 2 is 1.82 bits per heavy atom. The van der Waals surface area contributed by atoms with Crippen LogP contribution in [-0.4, -0.2) is 21.5 Å². The molecule has 1 aliphatic carbocycles. The first kappa shape index (κ1) is 17.3. The standard InChI is InChI=1S/C23H22N4S/c1-2-5-16(6-3-1)7-4-12-25-23-21-20(19(15-28-21)17-8-9-17)26-22(27-23)18-10-13-24-14-11-18/h1-3,5-6,10-11,13-15,17H,4,7-9,12H2,(H,25,26,27). The number of pyridine rings is 1. The molecule has 4 aromatic rings. The lowest BCUT2D eigenvalue weighted by atomic mass is 10.1. The van der Waals surface area contributed by atoms with Crippen LogP contribution in [0.5, 0.6) is 0 Å². The van der Waals surface area contributed by atoms with Crippen LogP contribution in [0.2, 0.25) is 0 Å². The van der Waals surface area contributed by atoms with Crippen molar-refractivity contribution in [1.82, 2.24) is 15.0 Å². The lowest BCUT2D eigenvalue weighted by molar-refractivity contribution is 0.860. The monoisotopic (exact) mass is 386 g/mol.